The van der Waals surface area contributed by atoms with Crippen LogP contribution in [0.5, 0.6) is 0 Å². The van der Waals surface area contributed by atoms with Crippen LogP contribution in [0, 0.1) is 11.8 Å². The Balaban J connectivity index is 0.00000203. The lowest BCUT2D eigenvalue weighted by atomic mass is 9.93. The number of carbonyl (C=O) groups excluding carboxylic acids is 3. The minimum atomic E-state index is -5.08. The van der Waals surface area contributed by atoms with Gasteiger partial charge in [0.1, 0.15) is 11.0 Å². The Bertz CT molecular complexity index is 1350. The number of ether oxygens (including phenoxy) is 1. The number of unbranched alkanes of at least 4 members (excludes halogenated alkanes) is 6. The molecule has 1 saturated heterocycles. The zero-order chi connectivity index (χ0) is 42.4. The first kappa shape index (κ1) is 50.5. The Kier molecular flexibility index (Phi) is 23.8. The van der Waals surface area contributed by atoms with E-state index in [0.717, 1.165) is 88.5 Å². The summed E-state index contributed by atoms with van der Waals surface area (Å²) in [6.07, 6.45) is 4.64. The highest BCUT2D eigenvalue weighted by molar-refractivity contribution is 7.09. The van der Waals surface area contributed by atoms with Crippen LogP contribution in [0.4, 0.5) is 18.0 Å². The van der Waals surface area contributed by atoms with Gasteiger partial charge in [-0.15, -0.1) is 11.3 Å². The molecule has 322 valence electrons. The van der Waals surface area contributed by atoms with Crippen molar-refractivity contribution in [3.8, 4) is 0 Å². The number of aliphatic carboxylic acids is 1. The molecule has 1 aromatic rings. The number of likely N-dealkylation sites (N-methyl/N-ethyl adjacent to an activating group) is 1. The number of carboxylic acid groups (broad SMARTS) is 2. The number of carbonyl (C=O) groups is 5. The smallest absolute Gasteiger partial charge is 0.476 e. The van der Waals surface area contributed by atoms with Gasteiger partial charge in [0.2, 0.25) is 5.91 Å². The highest BCUT2D eigenvalue weighted by atomic mass is 32.1. The van der Waals surface area contributed by atoms with Crippen LogP contribution in [0.2, 0.25) is 0 Å². The fourth-order valence-corrected chi connectivity index (χ4v) is 6.83. The molecule has 0 saturated carbocycles. The molecule has 18 heteroatoms. The first-order valence-corrected chi connectivity index (χ1v) is 20.7. The Hall–Kier alpha value is -3.51. The van der Waals surface area contributed by atoms with Gasteiger partial charge in [0.25, 0.3) is 5.91 Å². The van der Waals surface area contributed by atoms with E-state index in [1.165, 1.54) is 10.4 Å². The predicted octanol–water partition coefficient (Wildman–Crippen LogP) is 7.59. The number of thiazole rings is 1. The van der Waals surface area contributed by atoms with Gasteiger partial charge in [0, 0.05) is 18.3 Å². The lowest BCUT2D eigenvalue weighted by Gasteiger charge is -2.39. The first-order valence-electron chi connectivity index (χ1n) is 19.8. The molecule has 0 radical (unpaired) electrons. The summed E-state index contributed by atoms with van der Waals surface area (Å²) in [6, 6.07) is -1.71. The summed E-state index contributed by atoms with van der Waals surface area (Å²) in [5.41, 5.74) is -0.137. The summed E-state index contributed by atoms with van der Waals surface area (Å²) < 4.78 is 37.7. The number of halogens is 3. The molecule has 0 aromatic carbocycles. The molecule has 0 bridgehead atoms. The Morgan fingerprint density at radius 2 is 1.62 bits per heavy atom. The van der Waals surface area contributed by atoms with Gasteiger partial charge < -0.3 is 25.6 Å². The summed E-state index contributed by atoms with van der Waals surface area (Å²) in [4.78, 5) is 74.5. The average Bonchev–Trinajstić information content (AvgIpc) is 3.64. The summed E-state index contributed by atoms with van der Waals surface area (Å²) in [6.45, 7) is 13.7. The van der Waals surface area contributed by atoms with Gasteiger partial charge in [-0.05, 0) is 51.1 Å². The van der Waals surface area contributed by atoms with Crippen LogP contribution in [0.25, 0.3) is 0 Å². The molecule has 1 aromatic heterocycles. The summed E-state index contributed by atoms with van der Waals surface area (Å²) in [5, 5.41) is 25.8. The van der Waals surface area contributed by atoms with Gasteiger partial charge in [-0.25, -0.2) is 24.4 Å². The van der Waals surface area contributed by atoms with Gasteiger partial charge in [0.05, 0.1) is 18.7 Å². The van der Waals surface area contributed by atoms with Gasteiger partial charge >= 0.3 is 24.2 Å². The minimum Gasteiger partial charge on any atom is -0.476 e. The second-order valence-corrected chi connectivity index (χ2v) is 15.4. The van der Waals surface area contributed by atoms with E-state index in [-0.39, 0.29) is 41.8 Å². The number of alkyl halides is 3. The molecule has 0 aliphatic carbocycles. The maximum atomic E-state index is 14.6. The third kappa shape index (κ3) is 18.2. The molecule has 2 heterocycles. The van der Waals surface area contributed by atoms with Crippen LogP contribution in [-0.2, 0) is 24.0 Å². The van der Waals surface area contributed by atoms with Crippen LogP contribution < -0.4 is 10.6 Å². The SMILES string of the molecule is CCCCCCNC(=O)O[C@H](C[C@H](C(C)C)N(OCCCCCC)C(=O)[C@@H](NC(=O)[C@H]1CCCCN1C)[C@@H](C)CC)c1nc(C(=O)O)cs1.O=C(O)C(F)(F)F. The number of carboxylic acids is 2. The lowest BCUT2D eigenvalue weighted by Crippen LogP contribution is -2.58. The average molecular weight is 824 g/mol. The molecule has 56 heavy (non-hydrogen) atoms. The molecule has 1 fully saturated rings. The van der Waals surface area contributed by atoms with Gasteiger partial charge in [0.15, 0.2) is 11.8 Å². The molecule has 2 rings (SSSR count). The fourth-order valence-electron chi connectivity index (χ4n) is 5.99. The molecular weight excluding hydrogens is 760 g/mol. The van der Waals surface area contributed by atoms with E-state index in [0.29, 0.717) is 24.6 Å². The van der Waals surface area contributed by atoms with Crippen molar-refractivity contribution < 1.29 is 56.9 Å². The number of alkyl carbamates (subject to hydrolysis) is 1. The Labute approximate surface area is 333 Å². The van der Waals surface area contributed by atoms with E-state index in [9.17, 15) is 37.5 Å². The van der Waals surface area contributed by atoms with Gasteiger partial charge in [-0.2, -0.15) is 13.2 Å². The van der Waals surface area contributed by atoms with E-state index in [2.05, 4.69) is 29.5 Å². The first-order chi connectivity index (χ1) is 26.4. The quantitative estimate of drug-likeness (QED) is 0.0629. The van der Waals surface area contributed by atoms with Crippen molar-refractivity contribution in [1.82, 2.24) is 25.6 Å². The van der Waals surface area contributed by atoms with Crippen molar-refractivity contribution in [2.24, 2.45) is 11.8 Å². The summed E-state index contributed by atoms with van der Waals surface area (Å²) in [7, 11) is 1.94. The van der Waals surface area contributed by atoms with Crippen molar-refractivity contribution in [3.05, 3.63) is 16.1 Å². The summed E-state index contributed by atoms with van der Waals surface area (Å²) in [5.74, 6) is -4.77. The number of likely N-dealkylation sites (tertiary alicyclic amines) is 1. The zero-order valence-corrected chi connectivity index (χ0v) is 34.8. The van der Waals surface area contributed by atoms with Crippen LogP contribution in [0.1, 0.15) is 147 Å². The Morgan fingerprint density at radius 3 is 2.14 bits per heavy atom. The van der Waals surface area contributed by atoms with Crippen LogP contribution in [0.15, 0.2) is 5.38 Å². The molecule has 14 nitrogen and oxygen atoms in total. The molecule has 1 aliphatic heterocycles. The molecule has 4 N–H and O–H groups in total. The largest absolute Gasteiger partial charge is 0.490 e. The maximum Gasteiger partial charge on any atom is 0.490 e. The number of piperidine rings is 1. The second-order valence-electron chi connectivity index (χ2n) is 14.5. The number of nitrogens with zero attached hydrogens (tertiary/aromatic N) is 3. The highest BCUT2D eigenvalue weighted by Crippen LogP contribution is 2.32. The minimum absolute atomic E-state index is 0.126. The van der Waals surface area contributed by atoms with Gasteiger partial charge in [-0.3, -0.25) is 19.3 Å². The number of nitrogens with one attached hydrogen (secondary N) is 2. The standard InChI is InChI=1S/C36H63N5O7S.C2HF3O2/c1-8-11-13-16-20-37-36(46)48-30(33-38-27(24-49-33)35(44)45)23-29(25(4)5)41(47-22-18-14-12-9-2)34(43)31(26(6)10-3)39-32(42)28-19-15-17-21-40(28)7;3-2(4,5)1(6)7/h24-26,28-31H,8-23H2,1-7H3,(H,37,46)(H,39,42)(H,44,45);(H,6,7)/t26-,28+,29+,30+,31-;/m0./s1. The second kappa shape index (κ2) is 26.4. The van der Waals surface area contributed by atoms with E-state index in [1.807, 2.05) is 39.6 Å². The molecule has 0 unspecified atom stereocenters. The van der Waals surface area contributed by atoms with Crippen LogP contribution >= 0.6 is 11.3 Å². The number of aromatic nitrogens is 1. The van der Waals surface area contributed by atoms with Crippen molar-refractivity contribution in [2.75, 3.05) is 26.7 Å². The van der Waals surface area contributed by atoms with E-state index < -0.39 is 42.4 Å². The number of hydrogen-bond acceptors (Lipinski definition) is 10. The third-order valence-corrected chi connectivity index (χ3v) is 10.6. The maximum absolute atomic E-state index is 14.6. The number of aromatic carboxylic acids is 1. The molecule has 5 atom stereocenters. The Morgan fingerprint density at radius 1 is 1.00 bits per heavy atom. The molecular formula is C38H64F3N5O9S. The lowest BCUT2D eigenvalue weighted by molar-refractivity contribution is -0.212. The number of rotatable bonds is 23. The number of amides is 3. The van der Waals surface area contributed by atoms with E-state index in [4.69, 9.17) is 19.5 Å². The van der Waals surface area contributed by atoms with Crippen LogP contribution in [-0.4, -0.2) is 106 Å². The van der Waals surface area contributed by atoms with E-state index >= 15 is 0 Å². The van der Waals surface area contributed by atoms with E-state index in [1.54, 1.807) is 0 Å². The van der Waals surface area contributed by atoms with Crippen LogP contribution in [0.3, 0.4) is 0 Å². The molecule has 1 aliphatic rings. The van der Waals surface area contributed by atoms with Crippen molar-refractivity contribution >= 4 is 41.2 Å². The van der Waals surface area contributed by atoms with Crippen molar-refractivity contribution in [3.63, 3.8) is 0 Å². The van der Waals surface area contributed by atoms with Crippen molar-refractivity contribution in [2.45, 2.75) is 155 Å². The molecule has 0 spiro atoms. The molecule has 3 amide bonds. The predicted molar refractivity (Wildman–Crippen MR) is 206 cm³/mol. The topological polar surface area (TPSA) is 188 Å². The normalized spacial score (nSPS) is 16.8. The fraction of sp³-hybridized carbons (Fsp3) is 0.789. The van der Waals surface area contributed by atoms with Gasteiger partial charge in [-0.1, -0.05) is 92.9 Å². The van der Waals surface area contributed by atoms with Crippen molar-refractivity contribution in [1.29, 1.82) is 0 Å². The summed E-state index contributed by atoms with van der Waals surface area (Å²) >= 11 is 1.10. The zero-order valence-electron chi connectivity index (χ0n) is 34.0. The number of hydroxylamine groups is 2. The third-order valence-electron chi connectivity index (χ3n) is 9.63. The number of hydrogen-bond donors (Lipinski definition) is 4. The highest BCUT2D eigenvalue weighted by Gasteiger charge is 2.40. The monoisotopic (exact) mass is 823 g/mol.